The van der Waals surface area contributed by atoms with Crippen molar-refractivity contribution in [3.63, 3.8) is 0 Å². The topological polar surface area (TPSA) is 56.2 Å². The number of furan rings is 1. The van der Waals surface area contributed by atoms with Crippen LogP contribution < -0.4 is 5.73 Å². The van der Waals surface area contributed by atoms with Gasteiger partial charge in [-0.3, -0.25) is 4.79 Å². The van der Waals surface area contributed by atoms with Gasteiger partial charge in [0.25, 0.3) is 0 Å². The third kappa shape index (κ3) is 2.49. The Morgan fingerprint density at radius 3 is 2.57 bits per heavy atom. The van der Waals surface area contributed by atoms with Gasteiger partial charge in [-0.05, 0) is 12.1 Å². The number of allylic oxidation sites excluding steroid dienone is 1. The zero-order valence-electron chi connectivity index (χ0n) is 8.70. The molecule has 0 saturated heterocycles. The predicted molar refractivity (Wildman–Crippen MR) is 55.3 cm³/mol. The van der Waals surface area contributed by atoms with E-state index < -0.39 is 5.41 Å². The Morgan fingerprint density at radius 2 is 2.14 bits per heavy atom. The highest BCUT2D eigenvalue weighted by Gasteiger charge is 2.19. The molecule has 1 aromatic rings. The average molecular weight is 193 g/mol. The molecule has 1 rings (SSSR count). The molecule has 0 aliphatic rings. The Hall–Kier alpha value is -1.51. The first-order valence-corrected chi connectivity index (χ1v) is 4.47. The second kappa shape index (κ2) is 3.70. The smallest absolute Gasteiger partial charge is 0.163 e. The molecule has 0 aliphatic carbocycles. The van der Waals surface area contributed by atoms with Gasteiger partial charge in [-0.15, -0.1) is 0 Å². The predicted octanol–water partition coefficient (Wildman–Crippen LogP) is 2.19. The molecule has 3 nitrogen and oxygen atoms in total. The highest BCUT2D eigenvalue weighted by Crippen LogP contribution is 2.18. The molecule has 76 valence electrons. The first-order chi connectivity index (χ1) is 6.41. The minimum atomic E-state index is -0.406. The monoisotopic (exact) mass is 193 g/mol. The molecule has 0 unspecified atom stereocenters. The second-order valence-electron chi connectivity index (χ2n) is 4.19. The molecule has 14 heavy (non-hydrogen) atoms. The lowest BCUT2D eigenvalue weighted by Gasteiger charge is -2.13. The van der Waals surface area contributed by atoms with Gasteiger partial charge < -0.3 is 10.2 Å². The van der Waals surface area contributed by atoms with Crippen molar-refractivity contribution in [2.24, 2.45) is 11.1 Å². The van der Waals surface area contributed by atoms with Crippen LogP contribution in [0.5, 0.6) is 0 Å². The number of carbonyl (C=O) groups is 1. The van der Waals surface area contributed by atoms with Gasteiger partial charge in [0.1, 0.15) is 5.76 Å². The molecule has 3 heteroatoms. The Kier molecular flexibility index (Phi) is 2.79. The summed E-state index contributed by atoms with van der Waals surface area (Å²) in [6.45, 7) is 5.55. The largest absolute Gasteiger partial charge is 0.463 e. The molecule has 0 atom stereocenters. The van der Waals surface area contributed by atoms with Gasteiger partial charge in [0.2, 0.25) is 0 Å². The van der Waals surface area contributed by atoms with E-state index >= 15 is 0 Å². The van der Waals surface area contributed by atoms with E-state index in [1.54, 1.807) is 12.1 Å². The second-order valence-corrected chi connectivity index (χ2v) is 4.19. The maximum Gasteiger partial charge on any atom is 0.163 e. The van der Waals surface area contributed by atoms with Crippen molar-refractivity contribution >= 4 is 11.5 Å². The maximum absolute atomic E-state index is 11.6. The SMILES string of the molecule is CC(C)(C)C(=O)/C=C(/N)c1ccco1. The Morgan fingerprint density at radius 1 is 1.50 bits per heavy atom. The number of hydrogen-bond acceptors (Lipinski definition) is 3. The Balaban J connectivity index is 2.85. The van der Waals surface area contributed by atoms with Crippen LogP contribution in [0.25, 0.3) is 5.70 Å². The zero-order valence-corrected chi connectivity index (χ0v) is 8.70. The van der Waals surface area contributed by atoms with E-state index in [0.29, 0.717) is 11.5 Å². The summed E-state index contributed by atoms with van der Waals surface area (Å²) in [5.74, 6) is 0.522. The summed E-state index contributed by atoms with van der Waals surface area (Å²) in [6, 6.07) is 3.46. The molecule has 0 fully saturated rings. The van der Waals surface area contributed by atoms with Crippen LogP contribution in [0.3, 0.4) is 0 Å². The Labute approximate surface area is 83.6 Å². The lowest BCUT2D eigenvalue weighted by Crippen LogP contribution is -2.18. The summed E-state index contributed by atoms with van der Waals surface area (Å²) in [5, 5.41) is 0. The summed E-state index contributed by atoms with van der Waals surface area (Å²) in [6.07, 6.45) is 2.94. The molecule has 0 aromatic carbocycles. The zero-order chi connectivity index (χ0) is 10.8. The summed E-state index contributed by atoms with van der Waals surface area (Å²) in [5.41, 5.74) is 5.65. The molecule has 1 aromatic heterocycles. The van der Waals surface area contributed by atoms with Crippen LogP contribution in [0.15, 0.2) is 28.9 Å². The van der Waals surface area contributed by atoms with Gasteiger partial charge in [-0.2, -0.15) is 0 Å². The van der Waals surface area contributed by atoms with Gasteiger partial charge >= 0.3 is 0 Å². The van der Waals surface area contributed by atoms with E-state index in [0.717, 1.165) is 0 Å². The van der Waals surface area contributed by atoms with E-state index in [1.165, 1.54) is 12.3 Å². The van der Waals surface area contributed by atoms with Crippen LogP contribution in [0.1, 0.15) is 26.5 Å². The number of ketones is 1. The third-order valence-corrected chi connectivity index (χ3v) is 1.83. The molecular formula is C11H15NO2. The minimum Gasteiger partial charge on any atom is -0.463 e. The van der Waals surface area contributed by atoms with Gasteiger partial charge in [-0.25, -0.2) is 0 Å². The highest BCUT2D eigenvalue weighted by atomic mass is 16.3. The molecular weight excluding hydrogens is 178 g/mol. The molecule has 1 heterocycles. The molecule has 0 saturated carbocycles. The molecule has 0 radical (unpaired) electrons. The van der Waals surface area contributed by atoms with E-state index in [9.17, 15) is 4.79 Å². The summed E-state index contributed by atoms with van der Waals surface area (Å²) >= 11 is 0. The molecule has 0 bridgehead atoms. The van der Waals surface area contributed by atoms with Crippen molar-refractivity contribution in [3.05, 3.63) is 30.2 Å². The molecule has 2 N–H and O–H groups in total. The maximum atomic E-state index is 11.6. The normalized spacial score (nSPS) is 12.9. The van der Waals surface area contributed by atoms with Gasteiger partial charge in [-0.1, -0.05) is 20.8 Å². The number of carbonyl (C=O) groups excluding carboxylic acids is 1. The fourth-order valence-corrected chi connectivity index (χ4v) is 0.872. The fourth-order valence-electron chi connectivity index (χ4n) is 0.872. The van der Waals surface area contributed by atoms with Crippen molar-refractivity contribution < 1.29 is 9.21 Å². The number of nitrogens with two attached hydrogens (primary N) is 1. The van der Waals surface area contributed by atoms with Crippen molar-refractivity contribution in [2.45, 2.75) is 20.8 Å². The summed E-state index contributed by atoms with van der Waals surface area (Å²) < 4.78 is 5.06. The van der Waals surface area contributed by atoms with Crippen LogP contribution >= 0.6 is 0 Å². The van der Waals surface area contributed by atoms with Crippen LogP contribution in [-0.2, 0) is 4.79 Å². The summed E-state index contributed by atoms with van der Waals surface area (Å²) in [7, 11) is 0. The van der Waals surface area contributed by atoms with Gasteiger partial charge in [0, 0.05) is 11.5 Å². The van der Waals surface area contributed by atoms with Crippen molar-refractivity contribution in [1.29, 1.82) is 0 Å². The van der Waals surface area contributed by atoms with Crippen LogP contribution in [0.2, 0.25) is 0 Å². The van der Waals surface area contributed by atoms with Crippen LogP contribution in [0, 0.1) is 5.41 Å². The van der Waals surface area contributed by atoms with Crippen LogP contribution in [0.4, 0.5) is 0 Å². The van der Waals surface area contributed by atoms with Gasteiger partial charge in [0.15, 0.2) is 5.78 Å². The minimum absolute atomic E-state index is 0.00796. The number of hydrogen-bond donors (Lipinski definition) is 1. The fraction of sp³-hybridized carbons (Fsp3) is 0.364. The third-order valence-electron chi connectivity index (χ3n) is 1.83. The quantitative estimate of drug-likeness (QED) is 0.732. The first kappa shape index (κ1) is 10.6. The molecule has 0 spiro atoms. The average Bonchev–Trinajstić information content (AvgIpc) is 2.53. The van der Waals surface area contributed by atoms with Crippen molar-refractivity contribution in [2.75, 3.05) is 0 Å². The standard InChI is InChI=1S/C11H15NO2/c1-11(2,3)10(13)7-8(12)9-5-4-6-14-9/h4-7H,12H2,1-3H3/b8-7+. The summed E-state index contributed by atoms with van der Waals surface area (Å²) in [4.78, 5) is 11.6. The highest BCUT2D eigenvalue weighted by molar-refractivity contribution is 5.99. The van der Waals surface area contributed by atoms with E-state index in [4.69, 9.17) is 10.2 Å². The van der Waals surface area contributed by atoms with Crippen molar-refractivity contribution in [1.82, 2.24) is 0 Å². The van der Waals surface area contributed by atoms with E-state index in [1.807, 2.05) is 20.8 Å². The van der Waals surface area contributed by atoms with E-state index in [2.05, 4.69) is 0 Å². The van der Waals surface area contributed by atoms with Crippen molar-refractivity contribution in [3.8, 4) is 0 Å². The lowest BCUT2D eigenvalue weighted by atomic mass is 9.90. The lowest BCUT2D eigenvalue weighted by molar-refractivity contribution is -0.121. The van der Waals surface area contributed by atoms with Gasteiger partial charge in [0.05, 0.1) is 12.0 Å². The first-order valence-electron chi connectivity index (χ1n) is 4.47. The number of rotatable bonds is 2. The Bertz CT molecular complexity index is 342. The van der Waals surface area contributed by atoms with E-state index in [-0.39, 0.29) is 5.78 Å². The van der Waals surface area contributed by atoms with Crippen LogP contribution in [-0.4, -0.2) is 5.78 Å². The molecule has 0 amide bonds. The molecule has 0 aliphatic heterocycles.